The minimum absolute atomic E-state index is 0.223. The highest BCUT2D eigenvalue weighted by atomic mass is 16.5. The molecule has 4 nitrogen and oxygen atoms in total. The fourth-order valence-corrected chi connectivity index (χ4v) is 1.89. The Balaban J connectivity index is 4.64. The molecule has 0 rings (SSSR count). The Morgan fingerprint density at radius 1 is 1.22 bits per heavy atom. The first-order chi connectivity index (χ1) is 8.74. The standard InChI is InChI=1S/C14H19N3O/c1-3-12-18-13-14(6-4-9-15,7-5-10-16)8-11-17-2/h3H,1,4-8,11-13H2. The third kappa shape index (κ3) is 6.69. The second kappa shape index (κ2) is 10.3. The summed E-state index contributed by atoms with van der Waals surface area (Å²) in [5, 5.41) is 17.4. The monoisotopic (exact) mass is 245 g/mol. The third-order valence-electron chi connectivity index (χ3n) is 2.93. The molecule has 0 aliphatic rings. The van der Waals surface area contributed by atoms with E-state index in [9.17, 15) is 0 Å². The van der Waals surface area contributed by atoms with Crippen molar-refractivity contribution in [3.8, 4) is 12.1 Å². The van der Waals surface area contributed by atoms with Crippen molar-refractivity contribution in [2.75, 3.05) is 19.8 Å². The number of hydrogen-bond donors (Lipinski definition) is 0. The Morgan fingerprint density at radius 3 is 2.28 bits per heavy atom. The van der Waals surface area contributed by atoms with E-state index in [-0.39, 0.29) is 5.41 Å². The van der Waals surface area contributed by atoms with E-state index < -0.39 is 0 Å². The van der Waals surface area contributed by atoms with Crippen LogP contribution in [0.15, 0.2) is 12.7 Å². The van der Waals surface area contributed by atoms with Gasteiger partial charge < -0.3 is 9.58 Å². The summed E-state index contributed by atoms with van der Waals surface area (Å²) in [6.07, 6.45) is 4.57. The Hall–Kier alpha value is -1.83. The highest BCUT2D eigenvalue weighted by Gasteiger charge is 2.30. The summed E-state index contributed by atoms with van der Waals surface area (Å²) in [5.41, 5.74) is -0.223. The first-order valence-electron chi connectivity index (χ1n) is 6.00. The van der Waals surface area contributed by atoms with Crippen molar-refractivity contribution in [1.82, 2.24) is 0 Å². The molecule has 0 radical (unpaired) electrons. The molecular formula is C14H19N3O. The van der Waals surface area contributed by atoms with Crippen LogP contribution in [0.4, 0.5) is 0 Å². The van der Waals surface area contributed by atoms with E-state index >= 15 is 0 Å². The van der Waals surface area contributed by atoms with Crippen LogP contribution in [0.1, 0.15) is 32.1 Å². The van der Waals surface area contributed by atoms with Crippen molar-refractivity contribution in [1.29, 1.82) is 10.5 Å². The first-order valence-corrected chi connectivity index (χ1v) is 6.00. The zero-order chi connectivity index (χ0) is 13.7. The van der Waals surface area contributed by atoms with Crippen molar-refractivity contribution in [2.45, 2.75) is 32.1 Å². The van der Waals surface area contributed by atoms with E-state index in [0.717, 1.165) is 0 Å². The zero-order valence-corrected chi connectivity index (χ0v) is 10.7. The normalized spacial score (nSPS) is 10.1. The number of nitrogens with zero attached hydrogens (tertiary/aromatic N) is 3. The minimum atomic E-state index is -0.223. The van der Waals surface area contributed by atoms with E-state index in [1.54, 1.807) is 6.08 Å². The van der Waals surface area contributed by atoms with E-state index in [2.05, 4.69) is 23.6 Å². The van der Waals surface area contributed by atoms with Crippen LogP contribution in [0.25, 0.3) is 4.85 Å². The van der Waals surface area contributed by atoms with Gasteiger partial charge in [-0.1, -0.05) is 6.08 Å². The maximum atomic E-state index is 8.72. The van der Waals surface area contributed by atoms with Crippen LogP contribution in [0, 0.1) is 34.6 Å². The van der Waals surface area contributed by atoms with Crippen molar-refractivity contribution in [2.24, 2.45) is 5.41 Å². The van der Waals surface area contributed by atoms with Crippen molar-refractivity contribution in [3.05, 3.63) is 24.1 Å². The molecule has 0 aliphatic carbocycles. The van der Waals surface area contributed by atoms with Gasteiger partial charge in [-0.2, -0.15) is 10.5 Å². The van der Waals surface area contributed by atoms with Crippen LogP contribution in [-0.4, -0.2) is 19.8 Å². The molecule has 18 heavy (non-hydrogen) atoms. The van der Waals surface area contributed by atoms with Crippen LogP contribution >= 0.6 is 0 Å². The summed E-state index contributed by atoms with van der Waals surface area (Å²) < 4.78 is 5.50. The molecule has 0 amide bonds. The zero-order valence-electron chi connectivity index (χ0n) is 10.7. The van der Waals surface area contributed by atoms with Gasteiger partial charge in [-0.3, -0.25) is 0 Å². The molecule has 0 aromatic heterocycles. The van der Waals surface area contributed by atoms with Gasteiger partial charge in [-0.05, 0) is 12.8 Å². The summed E-state index contributed by atoms with van der Waals surface area (Å²) in [7, 11) is 0. The lowest BCUT2D eigenvalue weighted by molar-refractivity contribution is 0.0449. The number of rotatable bonds is 10. The first kappa shape index (κ1) is 16.2. The molecule has 4 heteroatoms. The molecule has 0 atom stereocenters. The van der Waals surface area contributed by atoms with Crippen LogP contribution < -0.4 is 0 Å². The molecule has 0 fully saturated rings. The van der Waals surface area contributed by atoms with Gasteiger partial charge in [0.15, 0.2) is 0 Å². The molecule has 0 bridgehead atoms. The van der Waals surface area contributed by atoms with E-state index in [1.165, 1.54) is 0 Å². The maximum Gasteiger partial charge on any atom is 0.215 e. The van der Waals surface area contributed by atoms with Gasteiger partial charge >= 0.3 is 0 Å². The molecule has 0 aromatic rings. The molecule has 0 aromatic carbocycles. The molecule has 0 heterocycles. The Morgan fingerprint density at radius 2 is 1.83 bits per heavy atom. The average molecular weight is 245 g/mol. The highest BCUT2D eigenvalue weighted by molar-refractivity contribution is 4.89. The molecule has 0 saturated heterocycles. The van der Waals surface area contributed by atoms with Crippen LogP contribution in [0.2, 0.25) is 0 Å². The lowest BCUT2D eigenvalue weighted by Gasteiger charge is -2.30. The summed E-state index contributed by atoms with van der Waals surface area (Å²) in [6, 6.07) is 4.26. The fraction of sp³-hybridized carbons (Fsp3) is 0.643. The number of nitriles is 2. The Labute approximate surface area is 109 Å². The summed E-state index contributed by atoms with van der Waals surface area (Å²) in [6.45, 7) is 11.8. The van der Waals surface area contributed by atoms with E-state index in [0.29, 0.717) is 51.9 Å². The summed E-state index contributed by atoms with van der Waals surface area (Å²) in [4.78, 5) is 3.37. The van der Waals surface area contributed by atoms with Gasteiger partial charge in [0.05, 0.1) is 25.4 Å². The average Bonchev–Trinajstić information content (AvgIpc) is 2.40. The topological polar surface area (TPSA) is 61.2 Å². The number of ether oxygens (including phenoxy) is 1. The SMILES string of the molecule is [C-]#[N+]CCC(CCC#N)(CCC#N)COCC=C. The lowest BCUT2D eigenvalue weighted by Crippen LogP contribution is -2.28. The maximum absolute atomic E-state index is 8.72. The molecule has 0 saturated carbocycles. The Bertz CT molecular complexity index is 311. The summed E-state index contributed by atoms with van der Waals surface area (Å²) in [5.74, 6) is 0. The second-order valence-corrected chi connectivity index (χ2v) is 4.25. The minimum Gasteiger partial charge on any atom is -0.377 e. The third-order valence-corrected chi connectivity index (χ3v) is 2.93. The summed E-state index contributed by atoms with van der Waals surface area (Å²) >= 11 is 0. The van der Waals surface area contributed by atoms with E-state index in [1.807, 2.05) is 0 Å². The molecular weight excluding hydrogens is 226 g/mol. The van der Waals surface area contributed by atoms with Crippen LogP contribution in [0.3, 0.4) is 0 Å². The molecule has 0 aliphatic heterocycles. The van der Waals surface area contributed by atoms with Gasteiger partial charge in [-0.15, -0.1) is 6.58 Å². The van der Waals surface area contributed by atoms with Gasteiger partial charge in [0.1, 0.15) is 0 Å². The smallest absolute Gasteiger partial charge is 0.215 e. The Kier molecular flexibility index (Phi) is 9.28. The fourth-order valence-electron chi connectivity index (χ4n) is 1.89. The molecule has 96 valence electrons. The number of hydrogen-bond acceptors (Lipinski definition) is 3. The molecule has 0 spiro atoms. The van der Waals surface area contributed by atoms with Crippen molar-refractivity contribution in [3.63, 3.8) is 0 Å². The van der Waals surface area contributed by atoms with Crippen molar-refractivity contribution >= 4 is 0 Å². The predicted molar refractivity (Wildman–Crippen MR) is 69.2 cm³/mol. The molecule has 0 unspecified atom stereocenters. The van der Waals surface area contributed by atoms with Crippen LogP contribution in [0.5, 0.6) is 0 Å². The predicted octanol–water partition coefficient (Wildman–Crippen LogP) is 3.09. The second-order valence-electron chi connectivity index (χ2n) is 4.25. The quantitative estimate of drug-likeness (QED) is 0.337. The lowest BCUT2D eigenvalue weighted by atomic mass is 9.77. The van der Waals surface area contributed by atoms with Crippen molar-refractivity contribution < 1.29 is 4.74 Å². The molecule has 0 N–H and O–H groups in total. The van der Waals surface area contributed by atoms with Gasteiger partial charge in [0.2, 0.25) is 6.54 Å². The van der Waals surface area contributed by atoms with Crippen LogP contribution in [-0.2, 0) is 4.74 Å². The van der Waals surface area contributed by atoms with Gasteiger partial charge in [0.25, 0.3) is 0 Å². The van der Waals surface area contributed by atoms with Gasteiger partial charge in [0, 0.05) is 24.7 Å². The van der Waals surface area contributed by atoms with E-state index in [4.69, 9.17) is 21.8 Å². The van der Waals surface area contributed by atoms with Gasteiger partial charge in [-0.25, -0.2) is 6.57 Å². The highest BCUT2D eigenvalue weighted by Crippen LogP contribution is 2.34. The largest absolute Gasteiger partial charge is 0.377 e.